The van der Waals surface area contributed by atoms with Crippen LogP contribution in [-0.4, -0.2) is 19.0 Å². The van der Waals surface area contributed by atoms with E-state index in [4.69, 9.17) is 0 Å². The zero-order chi connectivity index (χ0) is 13.1. The lowest BCUT2D eigenvalue weighted by atomic mass is 10.1. The predicted octanol–water partition coefficient (Wildman–Crippen LogP) is 2.43. The van der Waals surface area contributed by atoms with E-state index in [0.717, 1.165) is 30.9 Å². The standard InChI is InChI=1S/C15H16N2OS/c18-15(9-12-5-8-19-11-12)17-7-6-16-10-13-3-1-2-4-14(13)17/h1-5,8,11,16H,6-7,9-10H2. The average molecular weight is 272 g/mol. The fraction of sp³-hybridized carbons (Fsp3) is 0.267. The molecule has 3 nitrogen and oxygen atoms in total. The van der Waals surface area contributed by atoms with Crippen molar-refractivity contribution in [3.63, 3.8) is 0 Å². The Bertz CT molecular complexity index is 565. The number of benzene rings is 1. The van der Waals surface area contributed by atoms with E-state index in [1.54, 1.807) is 11.3 Å². The van der Waals surface area contributed by atoms with E-state index in [1.165, 1.54) is 5.56 Å². The fourth-order valence-corrected chi connectivity index (χ4v) is 3.05. The highest BCUT2D eigenvalue weighted by atomic mass is 32.1. The van der Waals surface area contributed by atoms with Crippen molar-refractivity contribution in [1.82, 2.24) is 5.32 Å². The van der Waals surface area contributed by atoms with Crippen LogP contribution >= 0.6 is 11.3 Å². The Kier molecular flexibility index (Phi) is 3.62. The number of para-hydroxylation sites is 1. The molecule has 0 aliphatic carbocycles. The van der Waals surface area contributed by atoms with Crippen LogP contribution in [0.5, 0.6) is 0 Å². The zero-order valence-corrected chi connectivity index (χ0v) is 11.5. The lowest BCUT2D eigenvalue weighted by Crippen LogP contribution is -2.35. The predicted molar refractivity (Wildman–Crippen MR) is 78.5 cm³/mol. The van der Waals surface area contributed by atoms with Gasteiger partial charge in [-0.05, 0) is 34.0 Å². The summed E-state index contributed by atoms with van der Waals surface area (Å²) in [6.45, 7) is 2.41. The molecule has 0 radical (unpaired) electrons. The summed E-state index contributed by atoms with van der Waals surface area (Å²) in [6.07, 6.45) is 0.484. The van der Waals surface area contributed by atoms with Gasteiger partial charge in [-0.25, -0.2) is 0 Å². The van der Waals surface area contributed by atoms with Crippen molar-refractivity contribution >= 4 is 22.9 Å². The van der Waals surface area contributed by atoms with Gasteiger partial charge >= 0.3 is 0 Å². The summed E-state index contributed by atoms with van der Waals surface area (Å²) in [4.78, 5) is 14.4. The molecule has 0 fully saturated rings. The summed E-state index contributed by atoms with van der Waals surface area (Å²) in [5, 5.41) is 7.41. The molecule has 2 heterocycles. The Labute approximate surface area is 116 Å². The molecule has 1 amide bonds. The Morgan fingerprint density at radius 3 is 3.05 bits per heavy atom. The van der Waals surface area contributed by atoms with Crippen LogP contribution in [0.1, 0.15) is 11.1 Å². The van der Waals surface area contributed by atoms with Gasteiger partial charge in [0.1, 0.15) is 0 Å². The van der Waals surface area contributed by atoms with Gasteiger partial charge in [0.05, 0.1) is 6.42 Å². The number of thiophene rings is 1. The van der Waals surface area contributed by atoms with Gasteiger partial charge in [-0.1, -0.05) is 18.2 Å². The maximum atomic E-state index is 12.5. The van der Waals surface area contributed by atoms with Crippen molar-refractivity contribution in [2.45, 2.75) is 13.0 Å². The van der Waals surface area contributed by atoms with Gasteiger partial charge in [-0.2, -0.15) is 11.3 Å². The molecule has 2 aromatic rings. The van der Waals surface area contributed by atoms with Crippen molar-refractivity contribution in [3.05, 3.63) is 52.2 Å². The Morgan fingerprint density at radius 1 is 1.32 bits per heavy atom. The maximum Gasteiger partial charge on any atom is 0.231 e. The van der Waals surface area contributed by atoms with Crippen LogP contribution in [0.15, 0.2) is 41.1 Å². The molecule has 0 spiro atoms. The third kappa shape index (κ3) is 2.69. The molecule has 0 unspecified atom stereocenters. The highest BCUT2D eigenvalue weighted by molar-refractivity contribution is 7.08. The Balaban J connectivity index is 1.85. The number of carbonyl (C=O) groups excluding carboxylic acids is 1. The van der Waals surface area contributed by atoms with Crippen molar-refractivity contribution in [2.75, 3.05) is 18.0 Å². The van der Waals surface area contributed by atoms with Crippen LogP contribution in [0.4, 0.5) is 5.69 Å². The van der Waals surface area contributed by atoms with E-state index >= 15 is 0 Å². The second-order valence-corrected chi connectivity index (χ2v) is 5.44. The lowest BCUT2D eigenvalue weighted by Gasteiger charge is -2.22. The number of rotatable bonds is 2. The molecular formula is C15H16N2OS. The molecule has 1 aliphatic heterocycles. The summed E-state index contributed by atoms with van der Waals surface area (Å²) in [7, 11) is 0. The van der Waals surface area contributed by atoms with Crippen LogP contribution in [-0.2, 0) is 17.8 Å². The lowest BCUT2D eigenvalue weighted by molar-refractivity contribution is -0.117. The first-order chi connectivity index (χ1) is 9.34. The molecule has 3 rings (SSSR count). The van der Waals surface area contributed by atoms with Gasteiger partial charge in [0, 0.05) is 25.3 Å². The molecule has 1 aromatic heterocycles. The number of amides is 1. The summed E-state index contributed by atoms with van der Waals surface area (Å²) < 4.78 is 0. The van der Waals surface area contributed by atoms with Crippen LogP contribution in [0.3, 0.4) is 0 Å². The van der Waals surface area contributed by atoms with E-state index in [9.17, 15) is 4.79 Å². The average Bonchev–Trinajstić information content (AvgIpc) is 2.83. The van der Waals surface area contributed by atoms with Crippen molar-refractivity contribution in [2.24, 2.45) is 0 Å². The van der Waals surface area contributed by atoms with Gasteiger partial charge in [-0.15, -0.1) is 0 Å². The molecular weight excluding hydrogens is 256 g/mol. The Morgan fingerprint density at radius 2 is 2.21 bits per heavy atom. The molecule has 19 heavy (non-hydrogen) atoms. The van der Waals surface area contributed by atoms with E-state index in [0.29, 0.717) is 6.42 Å². The number of nitrogens with one attached hydrogen (secondary N) is 1. The van der Waals surface area contributed by atoms with Gasteiger partial charge in [0.2, 0.25) is 5.91 Å². The van der Waals surface area contributed by atoms with Crippen LogP contribution in [0.25, 0.3) is 0 Å². The summed E-state index contributed by atoms with van der Waals surface area (Å²) in [5.74, 6) is 0.176. The Hall–Kier alpha value is -1.65. The van der Waals surface area contributed by atoms with Gasteiger partial charge in [-0.3, -0.25) is 4.79 Å². The van der Waals surface area contributed by atoms with Gasteiger partial charge in [0.15, 0.2) is 0 Å². The smallest absolute Gasteiger partial charge is 0.231 e. The van der Waals surface area contributed by atoms with Crippen molar-refractivity contribution in [1.29, 1.82) is 0 Å². The molecule has 0 atom stereocenters. The topological polar surface area (TPSA) is 32.3 Å². The van der Waals surface area contributed by atoms with E-state index in [2.05, 4.69) is 11.4 Å². The quantitative estimate of drug-likeness (QED) is 0.910. The highest BCUT2D eigenvalue weighted by Crippen LogP contribution is 2.23. The molecule has 4 heteroatoms. The van der Waals surface area contributed by atoms with Gasteiger partial charge < -0.3 is 10.2 Å². The normalized spacial score (nSPS) is 14.8. The monoisotopic (exact) mass is 272 g/mol. The van der Waals surface area contributed by atoms with E-state index < -0.39 is 0 Å². The van der Waals surface area contributed by atoms with E-state index in [1.807, 2.05) is 39.9 Å². The maximum absolute atomic E-state index is 12.5. The van der Waals surface area contributed by atoms with Gasteiger partial charge in [0.25, 0.3) is 0 Å². The summed E-state index contributed by atoms with van der Waals surface area (Å²) in [6, 6.07) is 10.2. The molecule has 98 valence electrons. The van der Waals surface area contributed by atoms with Crippen molar-refractivity contribution < 1.29 is 4.79 Å². The number of nitrogens with zero attached hydrogens (tertiary/aromatic N) is 1. The third-order valence-corrected chi connectivity index (χ3v) is 4.08. The molecule has 1 aromatic carbocycles. The number of hydrogen-bond acceptors (Lipinski definition) is 3. The van der Waals surface area contributed by atoms with Crippen molar-refractivity contribution in [3.8, 4) is 0 Å². The molecule has 1 aliphatic rings. The van der Waals surface area contributed by atoms with E-state index in [-0.39, 0.29) is 5.91 Å². The first-order valence-corrected chi connectivity index (χ1v) is 7.39. The second-order valence-electron chi connectivity index (χ2n) is 4.66. The number of fused-ring (bicyclic) bond motifs is 1. The zero-order valence-electron chi connectivity index (χ0n) is 10.6. The summed E-state index contributed by atoms with van der Waals surface area (Å²) in [5.41, 5.74) is 3.34. The molecule has 1 N–H and O–H groups in total. The highest BCUT2D eigenvalue weighted by Gasteiger charge is 2.20. The minimum atomic E-state index is 0.176. The van der Waals surface area contributed by atoms with Crippen LogP contribution < -0.4 is 10.2 Å². The first kappa shape index (κ1) is 12.4. The third-order valence-electron chi connectivity index (χ3n) is 3.35. The number of anilines is 1. The minimum Gasteiger partial charge on any atom is -0.311 e. The molecule has 0 saturated carbocycles. The van der Waals surface area contributed by atoms with Crippen LogP contribution in [0, 0.1) is 0 Å². The SMILES string of the molecule is O=C(Cc1ccsc1)N1CCNCc2ccccc21. The molecule has 0 saturated heterocycles. The number of hydrogen-bond donors (Lipinski definition) is 1. The fourth-order valence-electron chi connectivity index (χ4n) is 2.38. The largest absolute Gasteiger partial charge is 0.311 e. The number of carbonyl (C=O) groups is 1. The first-order valence-electron chi connectivity index (χ1n) is 6.44. The second kappa shape index (κ2) is 5.55. The van der Waals surface area contributed by atoms with Crippen LogP contribution in [0.2, 0.25) is 0 Å². The summed E-state index contributed by atoms with van der Waals surface area (Å²) >= 11 is 1.63. The molecule has 0 bridgehead atoms. The minimum absolute atomic E-state index is 0.176.